The number of nitrogens with one attached hydrogen (secondary N) is 1. The molecule has 0 amide bonds. The molecule has 0 saturated carbocycles. The number of carbonyl (C=O) groups is 1. The number of rotatable bonds is 9. The number of aromatic carboxylic acids is 1. The molecule has 6 heteroatoms. The summed E-state index contributed by atoms with van der Waals surface area (Å²) < 4.78 is 5.43. The van der Waals surface area contributed by atoms with Crippen LogP contribution in [0.1, 0.15) is 49.7 Å². The van der Waals surface area contributed by atoms with Crippen molar-refractivity contribution in [1.29, 1.82) is 0 Å². The summed E-state index contributed by atoms with van der Waals surface area (Å²) in [6.07, 6.45) is 3.93. The molecule has 0 fully saturated rings. The van der Waals surface area contributed by atoms with Crippen molar-refractivity contribution >= 4 is 11.9 Å². The molecule has 0 aromatic carbocycles. The van der Waals surface area contributed by atoms with Crippen LogP contribution in [-0.2, 0) is 11.2 Å². The number of aryl methyl sites for hydroxylation is 1. The Bertz CT molecular complexity index is 436. The normalized spacial score (nSPS) is 10.8. The topological polar surface area (TPSA) is 84.3 Å². The highest BCUT2D eigenvalue weighted by atomic mass is 16.5. The van der Waals surface area contributed by atoms with Gasteiger partial charge in [0, 0.05) is 19.3 Å². The molecular formula is C14H23N3O3. The molecule has 0 aliphatic heterocycles. The van der Waals surface area contributed by atoms with Gasteiger partial charge in [-0.05, 0) is 26.7 Å². The van der Waals surface area contributed by atoms with E-state index in [4.69, 9.17) is 9.84 Å². The Morgan fingerprint density at radius 1 is 1.50 bits per heavy atom. The maximum absolute atomic E-state index is 11.1. The highest BCUT2D eigenvalue weighted by molar-refractivity contribution is 5.88. The van der Waals surface area contributed by atoms with E-state index in [0.717, 1.165) is 12.8 Å². The SMILES string of the molecule is CCCc1nc(NCCCOC(C)C)ncc1C(=O)O. The molecule has 2 N–H and O–H groups in total. The fourth-order valence-electron chi connectivity index (χ4n) is 1.70. The summed E-state index contributed by atoms with van der Waals surface area (Å²) in [4.78, 5) is 19.4. The third-order valence-electron chi connectivity index (χ3n) is 2.64. The Hall–Kier alpha value is -1.69. The molecule has 112 valence electrons. The van der Waals surface area contributed by atoms with Crippen molar-refractivity contribution in [2.24, 2.45) is 0 Å². The van der Waals surface area contributed by atoms with Gasteiger partial charge in [0.15, 0.2) is 0 Å². The van der Waals surface area contributed by atoms with Crippen LogP contribution in [0, 0.1) is 0 Å². The Morgan fingerprint density at radius 2 is 2.25 bits per heavy atom. The Balaban J connectivity index is 2.54. The largest absolute Gasteiger partial charge is 0.478 e. The second-order valence-electron chi connectivity index (χ2n) is 4.81. The van der Waals surface area contributed by atoms with Gasteiger partial charge < -0.3 is 15.2 Å². The van der Waals surface area contributed by atoms with Crippen LogP contribution in [0.4, 0.5) is 5.95 Å². The van der Waals surface area contributed by atoms with E-state index in [-0.39, 0.29) is 11.7 Å². The van der Waals surface area contributed by atoms with Crippen molar-refractivity contribution in [3.8, 4) is 0 Å². The number of nitrogens with zero attached hydrogens (tertiary/aromatic N) is 2. The van der Waals surface area contributed by atoms with E-state index in [0.29, 0.717) is 31.2 Å². The second kappa shape index (κ2) is 8.47. The van der Waals surface area contributed by atoms with E-state index in [9.17, 15) is 4.79 Å². The summed E-state index contributed by atoms with van der Waals surface area (Å²) in [7, 11) is 0. The molecule has 0 aliphatic rings. The molecule has 1 rings (SSSR count). The van der Waals surface area contributed by atoms with Crippen molar-refractivity contribution in [3.05, 3.63) is 17.5 Å². The molecule has 0 unspecified atom stereocenters. The summed E-state index contributed by atoms with van der Waals surface area (Å²) in [5.41, 5.74) is 0.761. The van der Waals surface area contributed by atoms with Crippen LogP contribution in [0.15, 0.2) is 6.20 Å². The van der Waals surface area contributed by atoms with Crippen LogP contribution in [0.25, 0.3) is 0 Å². The van der Waals surface area contributed by atoms with Gasteiger partial charge in [0.05, 0.1) is 17.4 Å². The average molecular weight is 281 g/mol. The van der Waals surface area contributed by atoms with Gasteiger partial charge in [-0.25, -0.2) is 14.8 Å². The summed E-state index contributed by atoms with van der Waals surface area (Å²) >= 11 is 0. The first-order valence-electron chi connectivity index (χ1n) is 6.99. The predicted octanol–water partition coefficient (Wildman–Crippen LogP) is 2.35. The molecule has 1 heterocycles. The molecule has 0 spiro atoms. The summed E-state index contributed by atoms with van der Waals surface area (Å²) in [6, 6.07) is 0. The minimum absolute atomic E-state index is 0.181. The van der Waals surface area contributed by atoms with Gasteiger partial charge in [0.1, 0.15) is 0 Å². The molecule has 20 heavy (non-hydrogen) atoms. The fraction of sp³-hybridized carbons (Fsp3) is 0.643. The first-order chi connectivity index (χ1) is 9.54. The Kier molecular flexibility index (Phi) is 6.93. The van der Waals surface area contributed by atoms with E-state index in [1.165, 1.54) is 6.20 Å². The molecule has 6 nitrogen and oxygen atoms in total. The number of carboxylic acids is 1. The van der Waals surface area contributed by atoms with E-state index < -0.39 is 5.97 Å². The zero-order chi connectivity index (χ0) is 15.0. The Labute approximate surface area is 119 Å². The number of aromatic nitrogens is 2. The lowest BCUT2D eigenvalue weighted by Crippen LogP contribution is -2.13. The van der Waals surface area contributed by atoms with Gasteiger partial charge in [0.2, 0.25) is 5.95 Å². The zero-order valence-electron chi connectivity index (χ0n) is 12.3. The maximum Gasteiger partial charge on any atom is 0.339 e. The molecule has 0 saturated heterocycles. The Morgan fingerprint density at radius 3 is 2.85 bits per heavy atom. The zero-order valence-corrected chi connectivity index (χ0v) is 12.3. The lowest BCUT2D eigenvalue weighted by atomic mass is 10.1. The predicted molar refractivity (Wildman–Crippen MR) is 77.2 cm³/mol. The number of ether oxygens (including phenoxy) is 1. The minimum atomic E-state index is -0.981. The third kappa shape index (κ3) is 5.52. The number of carboxylic acid groups (broad SMARTS) is 1. The van der Waals surface area contributed by atoms with Crippen LogP contribution in [0.3, 0.4) is 0 Å². The molecular weight excluding hydrogens is 258 g/mol. The van der Waals surface area contributed by atoms with Gasteiger partial charge in [-0.3, -0.25) is 0 Å². The molecule has 0 aliphatic carbocycles. The van der Waals surface area contributed by atoms with Crippen molar-refractivity contribution in [1.82, 2.24) is 9.97 Å². The number of hydrogen-bond acceptors (Lipinski definition) is 5. The van der Waals surface area contributed by atoms with Gasteiger partial charge >= 0.3 is 5.97 Å². The van der Waals surface area contributed by atoms with E-state index in [2.05, 4.69) is 15.3 Å². The lowest BCUT2D eigenvalue weighted by Gasteiger charge is -2.09. The first kappa shape index (κ1) is 16.4. The quantitative estimate of drug-likeness (QED) is 0.676. The van der Waals surface area contributed by atoms with Crippen LogP contribution < -0.4 is 5.32 Å². The second-order valence-corrected chi connectivity index (χ2v) is 4.81. The lowest BCUT2D eigenvalue weighted by molar-refractivity contribution is 0.0694. The van der Waals surface area contributed by atoms with E-state index >= 15 is 0 Å². The summed E-state index contributed by atoms with van der Waals surface area (Å²) in [6.45, 7) is 7.37. The first-order valence-corrected chi connectivity index (χ1v) is 6.99. The van der Waals surface area contributed by atoms with Crippen molar-refractivity contribution in [2.75, 3.05) is 18.5 Å². The van der Waals surface area contributed by atoms with Gasteiger partial charge in [0.25, 0.3) is 0 Å². The molecule has 1 aromatic rings. The summed E-state index contributed by atoms with van der Waals surface area (Å²) in [5, 5.41) is 12.2. The van der Waals surface area contributed by atoms with E-state index in [1.54, 1.807) is 0 Å². The minimum Gasteiger partial charge on any atom is -0.478 e. The van der Waals surface area contributed by atoms with Crippen LogP contribution in [0.2, 0.25) is 0 Å². The van der Waals surface area contributed by atoms with Crippen molar-refractivity contribution in [3.63, 3.8) is 0 Å². The molecule has 0 atom stereocenters. The monoisotopic (exact) mass is 281 g/mol. The third-order valence-corrected chi connectivity index (χ3v) is 2.64. The summed E-state index contributed by atoms with van der Waals surface area (Å²) in [5.74, 6) is -0.506. The van der Waals surface area contributed by atoms with Crippen molar-refractivity contribution < 1.29 is 14.6 Å². The van der Waals surface area contributed by atoms with Gasteiger partial charge in [-0.1, -0.05) is 13.3 Å². The van der Waals surface area contributed by atoms with Crippen LogP contribution in [0.5, 0.6) is 0 Å². The number of anilines is 1. The van der Waals surface area contributed by atoms with Gasteiger partial charge in [-0.15, -0.1) is 0 Å². The fourth-order valence-corrected chi connectivity index (χ4v) is 1.70. The highest BCUT2D eigenvalue weighted by Gasteiger charge is 2.12. The van der Waals surface area contributed by atoms with Crippen LogP contribution in [-0.4, -0.2) is 40.3 Å². The number of hydrogen-bond donors (Lipinski definition) is 2. The highest BCUT2D eigenvalue weighted by Crippen LogP contribution is 2.10. The van der Waals surface area contributed by atoms with Gasteiger partial charge in [-0.2, -0.15) is 0 Å². The molecule has 1 aromatic heterocycles. The van der Waals surface area contributed by atoms with E-state index in [1.807, 2.05) is 20.8 Å². The standard InChI is InChI=1S/C14H23N3O3/c1-4-6-12-11(13(18)19)9-16-14(17-12)15-7-5-8-20-10(2)3/h9-10H,4-8H2,1-3H3,(H,18,19)(H,15,16,17). The molecule has 0 radical (unpaired) electrons. The maximum atomic E-state index is 11.1. The molecule has 0 bridgehead atoms. The van der Waals surface area contributed by atoms with Crippen LogP contribution >= 0.6 is 0 Å². The average Bonchev–Trinajstić information content (AvgIpc) is 2.38. The smallest absolute Gasteiger partial charge is 0.339 e. The van der Waals surface area contributed by atoms with Crippen molar-refractivity contribution in [2.45, 2.75) is 46.1 Å².